The molecule has 478 valence electrons. The number of halogens is 4. The van der Waals surface area contributed by atoms with E-state index in [9.17, 15) is 0 Å². The van der Waals surface area contributed by atoms with Crippen molar-refractivity contribution in [3.63, 3.8) is 0 Å². The predicted molar refractivity (Wildman–Crippen MR) is 398 cm³/mol. The van der Waals surface area contributed by atoms with Crippen LogP contribution in [0.15, 0.2) is 352 Å². The average Bonchev–Trinajstić information content (AvgIpc) is 1.02. The average molecular weight is 1310 g/mol. The number of hydrogen-bond donors (Lipinski definition) is 2. The fourth-order valence-electron chi connectivity index (χ4n) is 14.1. The summed E-state index contributed by atoms with van der Waals surface area (Å²) < 4.78 is 65.9. The highest BCUT2D eigenvalue weighted by atomic mass is 19.1. The number of imidazole rings is 2. The van der Waals surface area contributed by atoms with E-state index in [1.54, 1.807) is 24.3 Å². The predicted octanol–water partition coefficient (Wildman–Crippen LogP) is 23.3. The van der Waals surface area contributed by atoms with Gasteiger partial charge in [0.15, 0.2) is 0 Å². The lowest BCUT2D eigenvalue weighted by Gasteiger charge is -2.26. The van der Waals surface area contributed by atoms with Gasteiger partial charge >= 0.3 is 11.9 Å². The molecule has 0 radical (unpaired) electrons. The topological polar surface area (TPSA) is 52.3 Å². The number of anilines is 12. The third kappa shape index (κ3) is 11.1. The van der Waals surface area contributed by atoms with Crippen LogP contribution in [-0.2, 0) is 0 Å². The molecule has 0 aliphatic heterocycles. The van der Waals surface area contributed by atoms with Gasteiger partial charge in [0.1, 0.15) is 79.5 Å². The van der Waals surface area contributed by atoms with Crippen LogP contribution in [0.4, 0.5) is 86.3 Å². The second-order valence-electron chi connectivity index (χ2n) is 24.5. The minimum atomic E-state index is -0.426. The summed E-state index contributed by atoms with van der Waals surface area (Å²) in [5, 5.41) is 3.67. The van der Waals surface area contributed by atoms with E-state index < -0.39 is 23.3 Å². The zero-order chi connectivity index (χ0) is 67.2. The molecule has 17 rings (SSSR count). The second kappa shape index (κ2) is 25.7. The van der Waals surface area contributed by atoms with Crippen molar-refractivity contribution in [2.45, 2.75) is 0 Å². The number of fused-ring (bicyclic) bond motifs is 4. The molecule has 2 N–H and O–H groups in total. The van der Waals surface area contributed by atoms with Crippen LogP contribution >= 0.6 is 0 Å². The minimum absolute atomic E-state index is 0.426. The van der Waals surface area contributed by atoms with Crippen LogP contribution in [-0.4, -0.2) is 9.97 Å². The maximum atomic E-state index is 15.3. The standard InChI is InChI=1S/C88H58F4N8/c89-61-21-17-33-71(53-61)95(72-34-18-22-62(90)54-72)69-45-41-59(42-46-69)85-78-52-50-76(98(66-27-7-2-8-28-66)88-94-82-38-14-16-40-84(82)100(88)68-31-11-4-12-32-68)58-80(78)86(60-43-47-70(48-44-60)96(73-35-19-23-63(91)55-73)74-36-20-24-64(92)56-74)77-51-49-75(57-79(77)85)97(65-25-5-1-6-26-65)87-93-81-37-13-15-39-83(81)99(87)67-29-9-3-10-30-67/h1-58H/p+2. The molecular formula is C88H60F4N8+2. The Morgan fingerprint density at radius 2 is 0.500 bits per heavy atom. The van der Waals surface area contributed by atoms with Crippen LogP contribution in [0.2, 0.25) is 0 Å². The maximum absolute atomic E-state index is 15.3. The number of H-pyrrole nitrogens is 2. The van der Waals surface area contributed by atoms with E-state index in [0.29, 0.717) is 34.1 Å². The molecule has 0 saturated carbocycles. The monoisotopic (exact) mass is 1300 g/mol. The number of rotatable bonds is 16. The summed E-state index contributed by atoms with van der Waals surface area (Å²) in [6.45, 7) is 0. The second-order valence-corrected chi connectivity index (χ2v) is 24.5. The molecule has 15 aromatic carbocycles. The number of nitrogens with one attached hydrogen (secondary N) is 2. The number of aromatic nitrogens is 4. The Morgan fingerprint density at radius 3 is 0.840 bits per heavy atom. The first-order valence-corrected chi connectivity index (χ1v) is 33.0. The summed E-state index contributed by atoms with van der Waals surface area (Å²) in [6, 6.07) is 113. The molecule has 0 fully saturated rings. The third-order valence-corrected chi connectivity index (χ3v) is 18.4. The van der Waals surface area contributed by atoms with E-state index in [1.165, 1.54) is 48.5 Å². The smallest absolute Gasteiger partial charge is 0.310 e. The van der Waals surface area contributed by atoms with E-state index in [4.69, 9.17) is 0 Å². The quantitative estimate of drug-likeness (QED) is 0.0575. The van der Waals surface area contributed by atoms with E-state index in [-0.39, 0.29) is 0 Å². The Balaban J connectivity index is 0.965. The van der Waals surface area contributed by atoms with E-state index in [2.05, 4.69) is 223 Å². The summed E-state index contributed by atoms with van der Waals surface area (Å²) in [6.07, 6.45) is 0. The molecule has 2 aromatic heterocycles. The van der Waals surface area contributed by atoms with Gasteiger partial charge in [0.2, 0.25) is 0 Å². The summed E-state index contributed by atoms with van der Waals surface area (Å²) in [7, 11) is 0. The molecule has 0 amide bonds. The Kier molecular flexibility index (Phi) is 15.5. The molecule has 12 heteroatoms. The van der Waals surface area contributed by atoms with Crippen molar-refractivity contribution in [1.82, 2.24) is 9.97 Å². The largest absolute Gasteiger partial charge is 0.373 e. The molecule has 2 heterocycles. The summed E-state index contributed by atoms with van der Waals surface area (Å²) >= 11 is 0. The first kappa shape index (κ1) is 60.4. The van der Waals surface area contributed by atoms with E-state index in [1.807, 2.05) is 94.7 Å². The van der Waals surface area contributed by atoms with Gasteiger partial charge in [-0.3, -0.25) is 0 Å². The maximum Gasteiger partial charge on any atom is 0.373 e. The van der Waals surface area contributed by atoms with Gasteiger partial charge < -0.3 is 9.80 Å². The van der Waals surface area contributed by atoms with Gasteiger partial charge in [-0.2, -0.15) is 18.9 Å². The van der Waals surface area contributed by atoms with Gasteiger partial charge in [-0.15, -0.1) is 0 Å². The van der Waals surface area contributed by atoms with Gasteiger partial charge in [0.25, 0.3) is 0 Å². The van der Waals surface area contributed by atoms with E-state index in [0.717, 1.165) is 112 Å². The molecule has 100 heavy (non-hydrogen) atoms. The minimum Gasteiger partial charge on any atom is -0.310 e. The number of aromatic amines is 2. The number of nitrogens with zero attached hydrogens (tertiary/aromatic N) is 6. The SMILES string of the molecule is Fc1cccc(N(c2ccc(-c3c4ccc(N(c5ccccc5)c5[nH]c6ccccc6[n+]5-c5ccccc5)cc4c(-c4ccc(N(c5cccc(F)c5)c5cccc(F)c5)cc4)c4ccc(N(c5ccccc5)c5[nH]c6ccccc6[n+]5-c5ccccc5)cc34)cc2)c2cccc(F)c2)c1. The Morgan fingerprint density at radius 1 is 0.220 bits per heavy atom. The first-order chi connectivity index (χ1) is 49.2. The molecule has 0 unspecified atom stereocenters. The molecule has 8 nitrogen and oxygen atoms in total. The Bertz CT molecular complexity index is 5420. The Labute approximate surface area is 574 Å². The zero-order valence-corrected chi connectivity index (χ0v) is 53.7. The zero-order valence-electron chi connectivity index (χ0n) is 53.7. The summed E-state index contributed by atoms with van der Waals surface area (Å²) in [4.78, 5) is 16.0. The van der Waals surface area contributed by atoms with Crippen molar-refractivity contribution in [2.75, 3.05) is 19.6 Å². The highest BCUT2D eigenvalue weighted by molar-refractivity contribution is 6.23. The van der Waals surface area contributed by atoms with E-state index >= 15 is 17.6 Å². The van der Waals surface area contributed by atoms with Crippen molar-refractivity contribution in [3.05, 3.63) is 375 Å². The molecular weight excluding hydrogens is 1250 g/mol. The van der Waals surface area contributed by atoms with Crippen molar-refractivity contribution >= 4 is 112 Å². The van der Waals surface area contributed by atoms with Crippen molar-refractivity contribution < 1.29 is 26.7 Å². The first-order valence-electron chi connectivity index (χ1n) is 33.0. The Hall–Kier alpha value is -13.3. The van der Waals surface area contributed by atoms with Gasteiger partial charge in [-0.05, 0) is 238 Å². The summed E-state index contributed by atoms with van der Waals surface area (Å²) in [5.41, 5.74) is 16.4. The lowest BCUT2D eigenvalue weighted by atomic mass is 9.85. The number of para-hydroxylation sites is 8. The van der Waals surface area contributed by atoms with Gasteiger partial charge in [0, 0.05) is 34.1 Å². The van der Waals surface area contributed by atoms with Crippen LogP contribution in [0.25, 0.3) is 77.2 Å². The van der Waals surface area contributed by atoms with Crippen LogP contribution in [0.1, 0.15) is 0 Å². The molecule has 0 aliphatic rings. The lowest BCUT2D eigenvalue weighted by Crippen LogP contribution is -2.35. The van der Waals surface area contributed by atoms with Crippen LogP contribution in [0, 0.1) is 23.3 Å². The van der Waals surface area contributed by atoms with Crippen molar-refractivity contribution in [1.29, 1.82) is 0 Å². The fraction of sp³-hybridized carbons (Fsp3) is 0. The normalized spacial score (nSPS) is 11.4. The molecule has 0 spiro atoms. The molecule has 0 bridgehead atoms. The lowest BCUT2D eigenvalue weighted by molar-refractivity contribution is -0.552. The van der Waals surface area contributed by atoms with Crippen molar-refractivity contribution in [2.24, 2.45) is 0 Å². The summed E-state index contributed by atoms with van der Waals surface area (Å²) in [5.74, 6) is -0.106. The van der Waals surface area contributed by atoms with Gasteiger partial charge in [-0.1, -0.05) is 158 Å². The highest BCUT2D eigenvalue weighted by Crippen LogP contribution is 2.50. The van der Waals surface area contributed by atoms with Gasteiger partial charge in [-0.25, -0.2) is 27.5 Å². The molecule has 0 atom stereocenters. The number of hydrogen-bond acceptors (Lipinski definition) is 4. The van der Waals surface area contributed by atoms with Crippen molar-refractivity contribution in [3.8, 4) is 33.6 Å². The third-order valence-electron chi connectivity index (χ3n) is 18.4. The fourth-order valence-corrected chi connectivity index (χ4v) is 14.1. The van der Waals surface area contributed by atoms with Gasteiger partial charge in [0.05, 0.1) is 0 Å². The van der Waals surface area contributed by atoms with Crippen LogP contribution in [0.5, 0.6) is 0 Å². The highest BCUT2D eigenvalue weighted by Gasteiger charge is 2.33. The molecule has 0 saturated heterocycles. The van der Waals surface area contributed by atoms with Crippen LogP contribution < -0.4 is 28.7 Å². The number of benzene rings is 15. The van der Waals surface area contributed by atoms with Crippen LogP contribution in [0.3, 0.4) is 0 Å². The molecule has 17 aromatic rings. The molecule has 0 aliphatic carbocycles.